The van der Waals surface area contributed by atoms with Gasteiger partial charge in [-0.3, -0.25) is 19.7 Å². The number of carbonyl (C=O) groups excluding carboxylic acids is 2. The number of hydrogen-bond acceptors (Lipinski definition) is 6. The maximum absolute atomic E-state index is 11.6. The van der Waals surface area contributed by atoms with Crippen LogP contribution in [0.5, 0.6) is 0 Å². The molecule has 2 atom stereocenters. The Morgan fingerprint density at radius 2 is 1.91 bits per heavy atom. The molecule has 1 rings (SSSR count). The fourth-order valence-electron chi connectivity index (χ4n) is 1.69. The van der Waals surface area contributed by atoms with E-state index in [9.17, 15) is 24.8 Å². The number of benzene rings is 1. The van der Waals surface area contributed by atoms with Crippen LogP contribution in [-0.4, -0.2) is 39.4 Å². The van der Waals surface area contributed by atoms with E-state index in [2.05, 4.69) is 5.32 Å². The van der Waals surface area contributed by atoms with Crippen molar-refractivity contribution in [1.29, 1.82) is 0 Å². The van der Waals surface area contributed by atoms with Crippen LogP contribution in [0.1, 0.15) is 18.6 Å². The van der Waals surface area contributed by atoms with E-state index in [1.165, 1.54) is 31.2 Å². The molecule has 0 radical (unpaired) electrons. The lowest BCUT2D eigenvalue weighted by Gasteiger charge is -2.24. The van der Waals surface area contributed by atoms with Gasteiger partial charge in [0.2, 0.25) is 0 Å². The minimum atomic E-state index is -1.36. The highest BCUT2D eigenvalue weighted by atomic mass is 35.5. The Morgan fingerprint density at radius 3 is 2.35 bits per heavy atom. The maximum atomic E-state index is 11.6. The molecule has 8 nitrogen and oxygen atoms in total. The van der Waals surface area contributed by atoms with Gasteiger partial charge in [-0.25, -0.2) is 0 Å². The van der Waals surface area contributed by atoms with Crippen molar-refractivity contribution in [1.82, 2.24) is 5.32 Å². The number of nitro groups is 1. The van der Waals surface area contributed by atoms with Crippen LogP contribution in [0.2, 0.25) is 0 Å². The third-order valence-electron chi connectivity index (χ3n) is 2.82. The summed E-state index contributed by atoms with van der Waals surface area (Å²) in [5, 5.41) is 23.2. The zero-order valence-corrected chi connectivity index (χ0v) is 13.5. The summed E-state index contributed by atoms with van der Waals surface area (Å²) in [5.74, 6) is -1.38. The average molecular weight is 365 g/mol. The lowest BCUT2D eigenvalue weighted by Crippen LogP contribution is -2.45. The number of esters is 1. The van der Waals surface area contributed by atoms with E-state index in [-0.39, 0.29) is 17.9 Å². The SMILES string of the molecule is CC(=O)OC[C@@H](NC(=O)C(Cl)Cl)[C@H](O)c1ccc([N+](=O)[O-])cc1. The van der Waals surface area contributed by atoms with Gasteiger partial charge in [-0.15, -0.1) is 0 Å². The maximum Gasteiger partial charge on any atom is 0.302 e. The van der Waals surface area contributed by atoms with Crippen molar-refractivity contribution >= 4 is 40.8 Å². The van der Waals surface area contributed by atoms with Crippen LogP contribution < -0.4 is 5.32 Å². The first-order valence-electron chi connectivity index (χ1n) is 6.36. The zero-order chi connectivity index (χ0) is 17.6. The molecular weight excluding hydrogens is 351 g/mol. The molecule has 126 valence electrons. The van der Waals surface area contributed by atoms with E-state index in [4.69, 9.17) is 27.9 Å². The molecule has 0 fully saturated rings. The van der Waals surface area contributed by atoms with E-state index in [0.717, 1.165) is 0 Å². The predicted octanol–water partition coefficient (Wildman–Crippen LogP) is 1.48. The first kappa shape index (κ1) is 19.1. The van der Waals surface area contributed by atoms with Gasteiger partial charge in [-0.1, -0.05) is 23.2 Å². The Hall–Kier alpha value is -1.90. The Bertz CT molecular complexity index is 578. The number of hydrogen-bond donors (Lipinski definition) is 2. The van der Waals surface area contributed by atoms with Crippen LogP contribution in [0.4, 0.5) is 5.69 Å². The molecule has 2 N–H and O–H groups in total. The molecule has 10 heteroatoms. The van der Waals surface area contributed by atoms with Crippen LogP contribution >= 0.6 is 23.2 Å². The first-order valence-corrected chi connectivity index (χ1v) is 7.24. The minimum absolute atomic E-state index is 0.150. The van der Waals surface area contributed by atoms with Gasteiger partial charge in [-0.2, -0.15) is 0 Å². The monoisotopic (exact) mass is 364 g/mol. The normalized spacial score (nSPS) is 13.3. The van der Waals surface area contributed by atoms with Crippen molar-refractivity contribution < 1.29 is 24.4 Å². The van der Waals surface area contributed by atoms with E-state index in [1.54, 1.807) is 0 Å². The number of carbonyl (C=O) groups is 2. The number of nitrogens with one attached hydrogen (secondary N) is 1. The Kier molecular flexibility index (Phi) is 7.21. The summed E-state index contributed by atoms with van der Waals surface area (Å²) >= 11 is 10.9. The Balaban J connectivity index is 2.91. The van der Waals surface area contributed by atoms with Gasteiger partial charge >= 0.3 is 5.97 Å². The van der Waals surface area contributed by atoms with E-state index in [1.807, 2.05) is 0 Å². The summed E-state index contributed by atoms with van der Waals surface area (Å²) in [7, 11) is 0. The third-order valence-corrected chi connectivity index (χ3v) is 3.21. The highest BCUT2D eigenvalue weighted by Gasteiger charge is 2.26. The predicted molar refractivity (Wildman–Crippen MR) is 82.1 cm³/mol. The summed E-state index contributed by atoms with van der Waals surface area (Å²) in [6.07, 6.45) is -1.29. The number of non-ortho nitro benzene ring substituents is 1. The standard InChI is InChI=1S/C13H14Cl2N2O6/c1-7(18)23-6-10(16-13(20)12(14)15)11(19)8-2-4-9(5-3-8)17(21)22/h2-5,10-12,19H,6H2,1H3,(H,16,20)/t10-,11-/m1/s1. The van der Waals surface area contributed by atoms with Gasteiger partial charge in [0, 0.05) is 19.1 Å². The van der Waals surface area contributed by atoms with E-state index in [0.29, 0.717) is 0 Å². The molecule has 0 aliphatic heterocycles. The van der Waals surface area contributed by atoms with Gasteiger partial charge in [0.1, 0.15) is 12.7 Å². The van der Waals surface area contributed by atoms with E-state index >= 15 is 0 Å². The van der Waals surface area contributed by atoms with Crippen molar-refractivity contribution in [3.05, 3.63) is 39.9 Å². The van der Waals surface area contributed by atoms with Gasteiger partial charge in [0.25, 0.3) is 11.6 Å². The van der Waals surface area contributed by atoms with Crippen molar-refractivity contribution in [2.24, 2.45) is 0 Å². The lowest BCUT2D eigenvalue weighted by molar-refractivity contribution is -0.384. The van der Waals surface area contributed by atoms with Crippen molar-refractivity contribution in [3.8, 4) is 0 Å². The fraction of sp³-hybridized carbons (Fsp3) is 0.385. The summed E-state index contributed by atoms with van der Waals surface area (Å²) in [6.45, 7) is 0.850. The molecule has 0 aliphatic rings. The number of amides is 1. The zero-order valence-electron chi connectivity index (χ0n) is 11.9. The molecule has 0 heterocycles. The molecule has 0 aromatic heterocycles. The molecule has 1 aromatic rings. The smallest absolute Gasteiger partial charge is 0.302 e. The highest BCUT2D eigenvalue weighted by Crippen LogP contribution is 2.21. The highest BCUT2D eigenvalue weighted by molar-refractivity contribution is 6.53. The molecule has 0 aliphatic carbocycles. The second kappa shape index (κ2) is 8.66. The van der Waals surface area contributed by atoms with E-state index < -0.39 is 33.8 Å². The number of aliphatic hydroxyl groups excluding tert-OH is 1. The molecule has 0 saturated heterocycles. The minimum Gasteiger partial charge on any atom is -0.464 e. The first-order chi connectivity index (χ1) is 10.7. The van der Waals surface area contributed by atoms with Gasteiger partial charge in [-0.05, 0) is 17.7 Å². The molecule has 1 amide bonds. The topological polar surface area (TPSA) is 119 Å². The molecule has 0 saturated carbocycles. The number of rotatable bonds is 7. The second-order valence-electron chi connectivity index (χ2n) is 4.51. The Morgan fingerprint density at radius 1 is 1.35 bits per heavy atom. The third kappa shape index (κ3) is 6.01. The summed E-state index contributed by atoms with van der Waals surface area (Å²) < 4.78 is 4.78. The van der Waals surface area contributed by atoms with Crippen molar-refractivity contribution in [3.63, 3.8) is 0 Å². The van der Waals surface area contributed by atoms with Crippen molar-refractivity contribution in [2.45, 2.75) is 23.9 Å². The summed E-state index contributed by atoms with van der Waals surface area (Å²) in [4.78, 5) is 31.1. The molecule has 0 bridgehead atoms. The largest absolute Gasteiger partial charge is 0.464 e. The number of aliphatic hydroxyl groups is 1. The van der Waals surface area contributed by atoms with Crippen LogP contribution in [-0.2, 0) is 14.3 Å². The second-order valence-corrected chi connectivity index (χ2v) is 5.61. The molecule has 0 spiro atoms. The quantitative estimate of drug-likeness (QED) is 0.327. The van der Waals surface area contributed by atoms with Crippen LogP contribution in [0.25, 0.3) is 0 Å². The van der Waals surface area contributed by atoms with Crippen LogP contribution in [0.15, 0.2) is 24.3 Å². The summed E-state index contributed by atoms with van der Waals surface area (Å²) in [5.41, 5.74) is 0.136. The number of alkyl halides is 2. The van der Waals surface area contributed by atoms with Gasteiger partial charge in [0.05, 0.1) is 11.0 Å². The fourth-order valence-corrected chi connectivity index (χ4v) is 1.82. The van der Waals surface area contributed by atoms with Crippen LogP contribution in [0, 0.1) is 10.1 Å². The molecule has 23 heavy (non-hydrogen) atoms. The number of ether oxygens (including phenoxy) is 1. The lowest BCUT2D eigenvalue weighted by atomic mass is 10.0. The van der Waals surface area contributed by atoms with Crippen molar-refractivity contribution in [2.75, 3.05) is 6.61 Å². The number of nitrogens with zero attached hydrogens (tertiary/aromatic N) is 1. The van der Waals surface area contributed by atoms with Gasteiger partial charge < -0.3 is 15.2 Å². The molecular formula is C13H14Cl2N2O6. The number of halogens is 2. The summed E-state index contributed by atoms with van der Waals surface area (Å²) in [6, 6.07) is 4.04. The molecule has 1 aromatic carbocycles. The van der Waals surface area contributed by atoms with Crippen LogP contribution in [0.3, 0.4) is 0 Å². The number of nitro benzene ring substituents is 1. The Labute approximate surface area is 141 Å². The average Bonchev–Trinajstić information content (AvgIpc) is 2.50. The van der Waals surface area contributed by atoms with Gasteiger partial charge in [0.15, 0.2) is 4.84 Å². The molecule has 0 unspecified atom stereocenters.